The zero-order valence-electron chi connectivity index (χ0n) is 13.8. The molecular formula is C17H20N2O4S. The third kappa shape index (κ3) is 4.19. The Morgan fingerprint density at radius 2 is 1.79 bits per heavy atom. The van der Waals surface area contributed by atoms with Gasteiger partial charge in [-0.2, -0.15) is 0 Å². The predicted molar refractivity (Wildman–Crippen MR) is 92.4 cm³/mol. The highest BCUT2D eigenvalue weighted by Crippen LogP contribution is 2.17. The number of ether oxygens (including phenoxy) is 1. The highest BCUT2D eigenvalue weighted by atomic mass is 32.2. The first-order chi connectivity index (χ1) is 11.3. The Balaban J connectivity index is 2.14. The van der Waals surface area contributed by atoms with Crippen molar-refractivity contribution in [1.29, 1.82) is 0 Å². The van der Waals surface area contributed by atoms with Gasteiger partial charge in [-0.3, -0.25) is 4.79 Å². The van der Waals surface area contributed by atoms with Crippen molar-refractivity contribution in [2.24, 2.45) is 0 Å². The molecule has 1 N–H and O–H groups in total. The predicted octanol–water partition coefficient (Wildman–Crippen LogP) is 2.34. The van der Waals surface area contributed by atoms with Gasteiger partial charge in [0.25, 0.3) is 5.91 Å². The summed E-state index contributed by atoms with van der Waals surface area (Å²) in [4.78, 5) is 12.5. The lowest BCUT2D eigenvalue weighted by Crippen LogP contribution is -2.22. The first-order valence-corrected chi connectivity index (χ1v) is 8.70. The van der Waals surface area contributed by atoms with Crippen molar-refractivity contribution in [2.45, 2.75) is 11.5 Å². The molecule has 1 amide bonds. The van der Waals surface area contributed by atoms with E-state index < -0.39 is 10.0 Å². The molecule has 0 aliphatic heterocycles. The topological polar surface area (TPSA) is 75.7 Å². The molecule has 2 aromatic rings. The molecule has 2 rings (SSSR count). The third-order valence-corrected chi connectivity index (χ3v) is 5.22. The number of carbonyl (C=O) groups excluding carboxylic acids is 1. The van der Waals surface area contributed by atoms with Gasteiger partial charge in [0.2, 0.25) is 10.0 Å². The van der Waals surface area contributed by atoms with Gasteiger partial charge in [0.05, 0.1) is 11.5 Å². The highest BCUT2D eigenvalue weighted by molar-refractivity contribution is 7.89. The molecule has 0 bridgehead atoms. The van der Waals surface area contributed by atoms with Gasteiger partial charge in [0, 0.05) is 32.5 Å². The van der Waals surface area contributed by atoms with Crippen LogP contribution >= 0.6 is 0 Å². The van der Waals surface area contributed by atoms with Crippen LogP contribution in [0, 0.1) is 0 Å². The van der Waals surface area contributed by atoms with Gasteiger partial charge in [-0.05, 0) is 42.0 Å². The summed E-state index contributed by atoms with van der Waals surface area (Å²) >= 11 is 0. The number of hydrogen-bond acceptors (Lipinski definition) is 4. The summed E-state index contributed by atoms with van der Waals surface area (Å²) < 4.78 is 30.2. The summed E-state index contributed by atoms with van der Waals surface area (Å²) in [6, 6.07) is 13.2. The van der Waals surface area contributed by atoms with E-state index in [1.807, 2.05) is 6.07 Å². The van der Waals surface area contributed by atoms with Crippen molar-refractivity contribution in [3.05, 3.63) is 59.7 Å². The van der Waals surface area contributed by atoms with Crippen molar-refractivity contribution in [3.8, 4) is 0 Å². The van der Waals surface area contributed by atoms with Gasteiger partial charge in [-0.1, -0.05) is 12.1 Å². The second-order valence-electron chi connectivity index (χ2n) is 5.40. The van der Waals surface area contributed by atoms with Crippen molar-refractivity contribution in [3.63, 3.8) is 0 Å². The summed E-state index contributed by atoms with van der Waals surface area (Å²) in [5.74, 6) is -0.267. The normalized spacial score (nSPS) is 11.5. The molecule has 0 aliphatic carbocycles. The quantitative estimate of drug-likeness (QED) is 0.869. The van der Waals surface area contributed by atoms with Crippen LogP contribution in [0.5, 0.6) is 0 Å². The molecule has 0 aliphatic rings. The maximum absolute atomic E-state index is 12.3. The van der Waals surface area contributed by atoms with Crippen LogP contribution < -0.4 is 5.32 Å². The Morgan fingerprint density at radius 1 is 1.12 bits per heavy atom. The number of nitrogens with zero attached hydrogens (tertiary/aromatic N) is 1. The first kappa shape index (κ1) is 18.1. The van der Waals surface area contributed by atoms with Gasteiger partial charge >= 0.3 is 0 Å². The van der Waals surface area contributed by atoms with Crippen molar-refractivity contribution >= 4 is 21.6 Å². The van der Waals surface area contributed by atoms with Crippen LogP contribution in [-0.4, -0.2) is 39.8 Å². The fraction of sp³-hybridized carbons (Fsp3) is 0.235. The first-order valence-electron chi connectivity index (χ1n) is 7.26. The molecule has 0 saturated carbocycles. The molecule has 128 valence electrons. The van der Waals surface area contributed by atoms with Crippen LogP contribution in [0.2, 0.25) is 0 Å². The van der Waals surface area contributed by atoms with E-state index >= 15 is 0 Å². The smallest absolute Gasteiger partial charge is 0.255 e. The Kier molecular flexibility index (Phi) is 5.71. The molecule has 2 aromatic carbocycles. The minimum Gasteiger partial charge on any atom is -0.380 e. The minimum atomic E-state index is -3.48. The van der Waals surface area contributed by atoms with E-state index in [-0.39, 0.29) is 10.8 Å². The van der Waals surface area contributed by atoms with Gasteiger partial charge in [-0.15, -0.1) is 0 Å². The number of amides is 1. The molecule has 6 nitrogen and oxygen atoms in total. The Bertz CT molecular complexity index is 815. The standard InChI is InChI=1S/C17H20N2O4S/c1-19(2)24(21,22)16-9-7-15(8-10-16)18-17(20)14-6-4-5-13(11-14)12-23-3/h4-11H,12H2,1-3H3,(H,18,20). The highest BCUT2D eigenvalue weighted by Gasteiger charge is 2.16. The molecule has 24 heavy (non-hydrogen) atoms. The van der Waals surface area contributed by atoms with Crippen LogP contribution in [0.4, 0.5) is 5.69 Å². The molecule has 0 fully saturated rings. The average Bonchev–Trinajstić information content (AvgIpc) is 2.56. The van der Waals surface area contributed by atoms with Gasteiger partial charge in [0.15, 0.2) is 0 Å². The molecule has 0 saturated heterocycles. The SMILES string of the molecule is COCc1cccc(C(=O)Nc2ccc(S(=O)(=O)N(C)C)cc2)c1. The van der Waals surface area contributed by atoms with Crippen molar-refractivity contribution in [1.82, 2.24) is 4.31 Å². The van der Waals surface area contributed by atoms with Gasteiger partial charge < -0.3 is 10.1 Å². The molecule has 0 spiro atoms. The van der Waals surface area contributed by atoms with E-state index in [2.05, 4.69) is 5.32 Å². The van der Waals surface area contributed by atoms with E-state index in [0.29, 0.717) is 17.9 Å². The van der Waals surface area contributed by atoms with Crippen LogP contribution in [0.15, 0.2) is 53.4 Å². The monoisotopic (exact) mass is 348 g/mol. The summed E-state index contributed by atoms with van der Waals surface area (Å²) in [6.07, 6.45) is 0. The lowest BCUT2D eigenvalue weighted by molar-refractivity contribution is 0.102. The molecule has 0 radical (unpaired) electrons. The molecule has 7 heteroatoms. The van der Waals surface area contributed by atoms with Crippen LogP contribution in [0.3, 0.4) is 0 Å². The largest absolute Gasteiger partial charge is 0.380 e. The van der Waals surface area contributed by atoms with E-state index in [9.17, 15) is 13.2 Å². The lowest BCUT2D eigenvalue weighted by Gasteiger charge is -2.12. The van der Waals surface area contributed by atoms with E-state index in [1.165, 1.54) is 26.2 Å². The fourth-order valence-electron chi connectivity index (χ4n) is 2.09. The molecule has 0 unspecified atom stereocenters. The summed E-state index contributed by atoms with van der Waals surface area (Å²) in [6.45, 7) is 0.429. The number of benzene rings is 2. The Morgan fingerprint density at radius 3 is 2.38 bits per heavy atom. The van der Waals surface area contributed by atoms with Crippen molar-refractivity contribution in [2.75, 3.05) is 26.5 Å². The van der Waals surface area contributed by atoms with E-state index in [4.69, 9.17) is 4.74 Å². The number of carbonyl (C=O) groups is 1. The minimum absolute atomic E-state index is 0.174. The second-order valence-corrected chi connectivity index (χ2v) is 7.55. The number of rotatable bonds is 6. The Hall–Kier alpha value is -2.22. The number of nitrogens with one attached hydrogen (secondary N) is 1. The molecule has 0 aromatic heterocycles. The van der Waals surface area contributed by atoms with Gasteiger partial charge in [0.1, 0.15) is 0 Å². The average molecular weight is 348 g/mol. The van der Waals surface area contributed by atoms with Gasteiger partial charge in [-0.25, -0.2) is 12.7 Å². The van der Waals surface area contributed by atoms with Crippen LogP contribution in [0.1, 0.15) is 15.9 Å². The summed E-state index contributed by atoms with van der Waals surface area (Å²) in [5.41, 5.74) is 1.93. The van der Waals surface area contributed by atoms with E-state index in [0.717, 1.165) is 9.87 Å². The van der Waals surface area contributed by atoms with Crippen molar-refractivity contribution < 1.29 is 17.9 Å². The zero-order chi connectivity index (χ0) is 17.7. The number of sulfonamides is 1. The number of anilines is 1. The lowest BCUT2D eigenvalue weighted by atomic mass is 10.1. The summed E-state index contributed by atoms with van der Waals surface area (Å²) in [7, 11) is 1.05. The molecular weight excluding hydrogens is 328 g/mol. The molecule has 0 heterocycles. The van der Waals surface area contributed by atoms with Crippen LogP contribution in [0.25, 0.3) is 0 Å². The maximum Gasteiger partial charge on any atom is 0.255 e. The molecule has 0 atom stereocenters. The number of methoxy groups -OCH3 is 1. The summed E-state index contributed by atoms with van der Waals surface area (Å²) in [5, 5.41) is 2.75. The zero-order valence-corrected chi connectivity index (χ0v) is 14.6. The van der Waals surface area contributed by atoms with Crippen LogP contribution in [-0.2, 0) is 21.4 Å². The second kappa shape index (κ2) is 7.57. The fourth-order valence-corrected chi connectivity index (χ4v) is 2.99. The van der Waals surface area contributed by atoms with E-state index in [1.54, 1.807) is 37.4 Å². The maximum atomic E-state index is 12.3. The third-order valence-electron chi connectivity index (χ3n) is 3.39. The number of hydrogen-bond donors (Lipinski definition) is 1. The Labute approximate surface area is 142 Å².